The van der Waals surface area contributed by atoms with Crippen LogP contribution < -0.4 is 5.32 Å². The second-order valence-corrected chi connectivity index (χ2v) is 5.85. The molecule has 0 aliphatic carbocycles. The molecule has 1 amide bonds. The van der Waals surface area contributed by atoms with Gasteiger partial charge in [-0.1, -0.05) is 23.7 Å². The quantitative estimate of drug-likeness (QED) is 0.733. The number of amides is 1. The Bertz CT molecular complexity index is 844. The first-order valence-electron chi connectivity index (χ1n) is 7.38. The van der Waals surface area contributed by atoms with Crippen LogP contribution in [0.15, 0.2) is 48.7 Å². The van der Waals surface area contributed by atoms with Gasteiger partial charge in [0, 0.05) is 28.7 Å². The lowest BCUT2D eigenvalue weighted by Gasteiger charge is -2.05. The number of fused-ring (bicyclic) bond motifs is 1. The molecule has 0 aliphatic rings. The van der Waals surface area contributed by atoms with Gasteiger partial charge >= 0.3 is 0 Å². The van der Waals surface area contributed by atoms with Crippen LogP contribution in [0.3, 0.4) is 0 Å². The topological polar surface area (TPSA) is 44.9 Å². The molecular weight excluding hydrogens is 315 g/mol. The Morgan fingerprint density at radius 2 is 2.09 bits per heavy atom. The fraction of sp³-hybridized carbons (Fsp3) is 0.167. The van der Waals surface area contributed by atoms with Crippen LogP contribution in [0.4, 0.5) is 4.39 Å². The number of carbonyl (C=O) groups excluding carboxylic acids is 1. The predicted octanol–water partition coefficient (Wildman–Crippen LogP) is 3.86. The molecule has 0 saturated heterocycles. The van der Waals surface area contributed by atoms with Crippen molar-refractivity contribution in [3.05, 3.63) is 70.6 Å². The van der Waals surface area contributed by atoms with E-state index < -0.39 is 0 Å². The molecule has 118 valence electrons. The van der Waals surface area contributed by atoms with Gasteiger partial charge in [0.05, 0.1) is 6.42 Å². The molecule has 3 aromatic rings. The van der Waals surface area contributed by atoms with Crippen molar-refractivity contribution in [2.45, 2.75) is 12.8 Å². The maximum atomic E-state index is 13.2. The van der Waals surface area contributed by atoms with Gasteiger partial charge in [0.2, 0.25) is 5.91 Å². The minimum atomic E-state index is -0.295. The molecule has 2 aromatic carbocycles. The summed E-state index contributed by atoms with van der Waals surface area (Å²) in [5, 5.41) is 4.46. The van der Waals surface area contributed by atoms with Crippen molar-refractivity contribution in [1.29, 1.82) is 0 Å². The molecule has 1 heterocycles. The lowest BCUT2D eigenvalue weighted by Crippen LogP contribution is -2.27. The van der Waals surface area contributed by atoms with Crippen LogP contribution in [0.25, 0.3) is 10.9 Å². The third kappa shape index (κ3) is 3.90. The van der Waals surface area contributed by atoms with Gasteiger partial charge in [-0.2, -0.15) is 0 Å². The molecule has 1 aromatic heterocycles. The fourth-order valence-electron chi connectivity index (χ4n) is 2.58. The minimum absolute atomic E-state index is 0.0581. The minimum Gasteiger partial charge on any atom is -0.361 e. The van der Waals surface area contributed by atoms with Crippen molar-refractivity contribution >= 4 is 28.4 Å². The Morgan fingerprint density at radius 1 is 1.22 bits per heavy atom. The second kappa shape index (κ2) is 6.84. The van der Waals surface area contributed by atoms with E-state index in [0.29, 0.717) is 17.1 Å². The first-order valence-corrected chi connectivity index (χ1v) is 7.76. The summed E-state index contributed by atoms with van der Waals surface area (Å²) in [4.78, 5) is 15.0. The average Bonchev–Trinajstić information content (AvgIpc) is 2.89. The summed E-state index contributed by atoms with van der Waals surface area (Å²) in [5.74, 6) is -0.353. The molecule has 3 rings (SSSR count). The van der Waals surface area contributed by atoms with E-state index in [1.54, 1.807) is 12.3 Å². The molecule has 3 nitrogen and oxygen atoms in total. The van der Waals surface area contributed by atoms with Crippen LogP contribution in [0.1, 0.15) is 11.1 Å². The maximum Gasteiger partial charge on any atom is 0.224 e. The molecule has 5 heteroatoms. The van der Waals surface area contributed by atoms with Crippen LogP contribution in [0, 0.1) is 5.82 Å². The number of rotatable bonds is 5. The molecule has 23 heavy (non-hydrogen) atoms. The number of halogens is 2. The number of aromatic amines is 1. The number of H-pyrrole nitrogens is 1. The van der Waals surface area contributed by atoms with Crippen LogP contribution in [0.5, 0.6) is 0 Å². The number of hydrogen-bond donors (Lipinski definition) is 2. The van der Waals surface area contributed by atoms with Crippen molar-refractivity contribution in [2.24, 2.45) is 0 Å². The van der Waals surface area contributed by atoms with Gasteiger partial charge in [-0.3, -0.25) is 4.79 Å². The van der Waals surface area contributed by atoms with E-state index in [9.17, 15) is 9.18 Å². The summed E-state index contributed by atoms with van der Waals surface area (Å²) in [6.45, 7) is 0.552. The standard InChI is InChI=1S/C18H16ClFN2O/c19-14-3-1-2-12(8-14)6-7-21-18(23)9-13-11-22-17-10-15(20)4-5-16(13)17/h1-5,8,10-11,22H,6-7,9H2,(H,21,23). The van der Waals surface area contributed by atoms with Crippen molar-refractivity contribution in [2.75, 3.05) is 6.54 Å². The van der Waals surface area contributed by atoms with E-state index in [-0.39, 0.29) is 18.1 Å². The zero-order chi connectivity index (χ0) is 16.2. The maximum absolute atomic E-state index is 13.2. The molecular formula is C18H16ClFN2O. The number of benzene rings is 2. The first kappa shape index (κ1) is 15.6. The highest BCUT2D eigenvalue weighted by molar-refractivity contribution is 6.30. The molecule has 0 saturated carbocycles. The normalized spacial score (nSPS) is 10.9. The molecule has 0 aliphatic heterocycles. The molecule has 0 bridgehead atoms. The lowest BCUT2D eigenvalue weighted by molar-refractivity contribution is -0.120. The van der Waals surface area contributed by atoms with Gasteiger partial charge < -0.3 is 10.3 Å². The Hall–Kier alpha value is -2.33. The van der Waals surface area contributed by atoms with E-state index in [1.165, 1.54) is 12.1 Å². The van der Waals surface area contributed by atoms with Crippen LogP contribution in [-0.4, -0.2) is 17.4 Å². The van der Waals surface area contributed by atoms with Gasteiger partial charge in [0.1, 0.15) is 5.82 Å². The van der Waals surface area contributed by atoms with E-state index in [4.69, 9.17) is 11.6 Å². The summed E-state index contributed by atoms with van der Waals surface area (Å²) >= 11 is 5.93. The number of hydrogen-bond acceptors (Lipinski definition) is 1. The van der Waals surface area contributed by atoms with E-state index in [2.05, 4.69) is 10.3 Å². The average molecular weight is 331 g/mol. The number of nitrogens with one attached hydrogen (secondary N) is 2. The highest BCUT2D eigenvalue weighted by atomic mass is 35.5. The predicted molar refractivity (Wildman–Crippen MR) is 90.1 cm³/mol. The Morgan fingerprint density at radius 3 is 2.91 bits per heavy atom. The molecule has 0 atom stereocenters. The summed E-state index contributed by atoms with van der Waals surface area (Å²) in [6.07, 6.45) is 2.74. The Kier molecular flexibility index (Phi) is 4.63. The van der Waals surface area contributed by atoms with Gasteiger partial charge in [-0.05, 0) is 47.9 Å². The molecule has 0 unspecified atom stereocenters. The Labute approximate surface area is 138 Å². The van der Waals surface area contributed by atoms with Crippen molar-refractivity contribution in [3.63, 3.8) is 0 Å². The summed E-state index contributed by atoms with van der Waals surface area (Å²) < 4.78 is 13.2. The van der Waals surface area contributed by atoms with E-state index in [1.807, 2.05) is 24.3 Å². The SMILES string of the molecule is O=C(Cc1c[nH]c2cc(F)ccc12)NCCc1cccc(Cl)c1. The molecule has 0 radical (unpaired) electrons. The van der Waals surface area contributed by atoms with Gasteiger partial charge in [-0.15, -0.1) is 0 Å². The van der Waals surface area contributed by atoms with Crippen molar-refractivity contribution in [3.8, 4) is 0 Å². The summed E-state index contributed by atoms with van der Waals surface area (Å²) in [7, 11) is 0. The third-order valence-electron chi connectivity index (χ3n) is 3.71. The van der Waals surface area contributed by atoms with Crippen LogP contribution in [-0.2, 0) is 17.6 Å². The van der Waals surface area contributed by atoms with E-state index in [0.717, 1.165) is 22.9 Å². The Balaban J connectivity index is 1.56. The lowest BCUT2D eigenvalue weighted by atomic mass is 10.1. The largest absolute Gasteiger partial charge is 0.361 e. The van der Waals surface area contributed by atoms with Crippen molar-refractivity contribution < 1.29 is 9.18 Å². The number of aromatic nitrogens is 1. The number of carbonyl (C=O) groups is 1. The second-order valence-electron chi connectivity index (χ2n) is 5.41. The first-order chi connectivity index (χ1) is 11.1. The van der Waals surface area contributed by atoms with Gasteiger partial charge in [0.25, 0.3) is 0 Å². The summed E-state index contributed by atoms with van der Waals surface area (Å²) in [5.41, 5.74) is 2.65. The molecule has 2 N–H and O–H groups in total. The molecule has 0 fully saturated rings. The highest BCUT2D eigenvalue weighted by Gasteiger charge is 2.09. The summed E-state index contributed by atoms with van der Waals surface area (Å²) in [6, 6.07) is 12.1. The third-order valence-corrected chi connectivity index (χ3v) is 3.94. The zero-order valence-corrected chi connectivity index (χ0v) is 13.2. The van der Waals surface area contributed by atoms with Crippen LogP contribution >= 0.6 is 11.6 Å². The van der Waals surface area contributed by atoms with E-state index >= 15 is 0 Å². The monoisotopic (exact) mass is 330 g/mol. The molecule has 0 spiro atoms. The van der Waals surface area contributed by atoms with Crippen molar-refractivity contribution in [1.82, 2.24) is 10.3 Å². The highest BCUT2D eigenvalue weighted by Crippen LogP contribution is 2.19. The fourth-order valence-corrected chi connectivity index (χ4v) is 2.79. The van der Waals surface area contributed by atoms with Gasteiger partial charge in [0.15, 0.2) is 0 Å². The van der Waals surface area contributed by atoms with Gasteiger partial charge in [-0.25, -0.2) is 4.39 Å². The smallest absolute Gasteiger partial charge is 0.224 e. The zero-order valence-electron chi connectivity index (χ0n) is 12.4. The van der Waals surface area contributed by atoms with Crippen LogP contribution in [0.2, 0.25) is 5.02 Å².